The molecule has 0 aliphatic rings. The van der Waals surface area contributed by atoms with Crippen LogP contribution in [0.1, 0.15) is 19.0 Å². The highest BCUT2D eigenvalue weighted by Crippen LogP contribution is 1.94. The topological polar surface area (TPSA) is 56.7 Å². The standard InChI is InChI=1S/C5H10N4/c1-2-3-5-4-7-8-9(5)6/h4H,2-3,6H2,1H3. The fourth-order valence-electron chi connectivity index (χ4n) is 0.700. The number of aromatic nitrogens is 3. The number of nitrogens with two attached hydrogens (primary N) is 1. The third kappa shape index (κ3) is 1.19. The van der Waals surface area contributed by atoms with Crippen molar-refractivity contribution < 1.29 is 0 Å². The minimum absolute atomic E-state index is 0.948. The predicted octanol–water partition coefficient (Wildman–Crippen LogP) is -0.0556. The highest BCUT2D eigenvalue weighted by molar-refractivity contribution is 4.92. The summed E-state index contributed by atoms with van der Waals surface area (Å²) >= 11 is 0. The zero-order valence-corrected chi connectivity index (χ0v) is 5.41. The Labute approximate surface area is 53.6 Å². The van der Waals surface area contributed by atoms with Gasteiger partial charge in [0.15, 0.2) is 0 Å². The van der Waals surface area contributed by atoms with Crippen molar-refractivity contribution in [1.29, 1.82) is 0 Å². The summed E-state index contributed by atoms with van der Waals surface area (Å²) < 4.78 is 0. The van der Waals surface area contributed by atoms with Crippen LogP contribution in [0.15, 0.2) is 6.20 Å². The molecule has 50 valence electrons. The highest BCUT2D eigenvalue weighted by atomic mass is 15.6. The van der Waals surface area contributed by atoms with Crippen LogP contribution in [0.4, 0.5) is 0 Å². The average Bonchev–Trinajstić information content (AvgIpc) is 2.18. The maximum absolute atomic E-state index is 5.37. The molecule has 0 saturated carbocycles. The van der Waals surface area contributed by atoms with Gasteiger partial charge in [-0.15, -0.1) is 5.10 Å². The maximum Gasteiger partial charge on any atom is 0.0820 e. The summed E-state index contributed by atoms with van der Waals surface area (Å²) in [6.45, 7) is 2.09. The lowest BCUT2D eigenvalue weighted by Crippen LogP contribution is -2.13. The lowest BCUT2D eigenvalue weighted by molar-refractivity contribution is 0.712. The second-order valence-electron chi connectivity index (χ2n) is 1.92. The first-order valence-corrected chi connectivity index (χ1v) is 2.99. The van der Waals surface area contributed by atoms with Gasteiger partial charge in [-0.25, -0.2) is 0 Å². The van der Waals surface area contributed by atoms with Crippen molar-refractivity contribution in [1.82, 2.24) is 15.1 Å². The van der Waals surface area contributed by atoms with Crippen molar-refractivity contribution in [2.24, 2.45) is 0 Å². The molecule has 1 heterocycles. The summed E-state index contributed by atoms with van der Waals surface area (Å²) in [6.07, 6.45) is 3.71. The molecule has 0 radical (unpaired) electrons. The quantitative estimate of drug-likeness (QED) is 0.565. The molecule has 0 atom stereocenters. The van der Waals surface area contributed by atoms with E-state index in [2.05, 4.69) is 17.2 Å². The highest BCUT2D eigenvalue weighted by Gasteiger charge is 1.95. The summed E-state index contributed by atoms with van der Waals surface area (Å²) in [5.74, 6) is 5.37. The first-order valence-electron chi connectivity index (χ1n) is 2.99. The van der Waals surface area contributed by atoms with Crippen LogP contribution in [0.5, 0.6) is 0 Å². The summed E-state index contributed by atoms with van der Waals surface area (Å²) in [5.41, 5.74) is 0.984. The van der Waals surface area contributed by atoms with E-state index in [9.17, 15) is 0 Å². The second-order valence-corrected chi connectivity index (χ2v) is 1.92. The van der Waals surface area contributed by atoms with Crippen molar-refractivity contribution in [3.05, 3.63) is 11.9 Å². The second kappa shape index (κ2) is 2.48. The Bertz CT molecular complexity index is 181. The van der Waals surface area contributed by atoms with Crippen LogP contribution < -0.4 is 5.84 Å². The van der Waals surface area contributed by atoms with Crippen molar-refractivity contribution in [2.75, 3.05) is 5.84 Å². The molecular weight excluding hydrogens is 116 g/mol. The Morgan fingerprint density at radius 2 is 2.56 bits per heavy atom. The lowest BCUT2D eigenvalue weighted by atomic mass is 10.3. The number of hydrogen-bond acceptors (Lipinski definition) is 3. The molecule has 0 amide bonds. The third-order valence-electron chi connectivity index (χ3n) is 1.16. The average molecular weight is 126 g/mol. The number of aryl methyl sites for hydroxylation is 1. The molecule has 0 spiro atoms. The molecule has 1 aromatic rings. The molecule has 0 bridgehead atoms. The zero-order valence-electron chi connectivity index (χ0n) is 5.41. The molecule has 0 saturated heterocycles. The van der Waals surface area contributed by atoms with E-state index in [1.807, 2.05) is 0 Å². The molecule has 0 unspecified atom stereocenters. The molecule has 0 aliphatic heterocycles. The minimum Gasteiger partial charge on any atom is -0.322 e. The Morgan fingerprint density at radius 3 is 3.00 bits per heavy atom. The molecule has 4 nitrogen and oxygen atoms in total. The zero-order chi connectivity index (χ0) is 6.69. The van der Waals surface area contributed by atoms with Gasteiger partial charge in [0, 0.05) is 0 Å². The van der Waals surface area contributed by atoms with Crippen LogP contribution in [0.2, 0.25) is 0 Å². The van der Waals surface area contributed by atoms with Gasteiger partial charge < -0.3 is 5.84 Å². The molecule has 0 aliphatic carbocycles. The van der Waals surface area contributed by atoms with Gasteiger partial charge in [0.1, 0.15) is 0 Å². The van der Waals surface area contributed by atoms with Crippen molar-refractivity contribution in [2.45, 2.75) is 19.8 Å². The van der Waals surface area contributed by atoms with E-state index in [0.717, 1.165) is 18.5 Å². The Kier molecular flexibility index (Phi) is 1.67. The van der Waals surface area contributed by atoms with Crippen molar-refractivity contribution >= 4 is 0 Å². The van der Waals surface area contributed by atoms with Gasteiger partial charge in [-0.3, -0.25) is 0 Å². The van der Waals surface area contributed by atoms with Gasteiger partial charge in [0.25, 0.3) is 0 Å². The van der Waals surface area contributed by atoms with Crippen LogP contribution >= 0.6 is 0 Å². The number of rotatable bonds is 2. The minimum atomic E-state index is 0.948. The van der Waals surface area contributed by atoms with E-state index in [1.54, 1.807) is 6.20 Å². The Hall–Kier alpha value is -1.06. The van der Waals surface area contributed by atoms with Crippen LogP contribution in [0.3, 0.4) is 0 Å². The van der Waals surface area contributed by atoms with Gasteiger partial charge in [0.2, 0.25) is 0 Å². The number of nitrogen functional groups attached to an aromatic ring is 1. The summed E-state index contributed by atoms with van der Waals surface area (Å²) in [6, 6.07) is 0. The molecule has 9 heavy (non-hydrogen) atoms. The number of nitrogens with zero attached hydrogens (tertiary/aromatic N) is 3. The van der Waals surface area contributed by atoms with Crippen LogP contribution in [-0.2, 0) is 6.42 Å². The van der Waals surface area contributed by atoms with Crippen molar-refractivity contribution in [3.8, 4) is 0 Å². The summed E-state index contributed by atoms with van der Waals surface area (Å²) in [4.78, 5) is 1.31. The first kappa shape index (κ1) is 6.07. The van der Waals surface area contributed by atoms with E-state index < -0.39 is 0 Å². The lowest BCUT2D eigenvalue weighted by Gasteiger charge is -1.93. The van der Waals surface area contributed by atoms with E-state index in [1.165, 1.54) is 4.79 Å². The predicted molar refractivity (Wildman–Crippen MR) is 34.2 cm³/mol. The van der Waals surface area contributed by atoms with Crippen LogP contribution in [0.25, 0.3) is 0 Å². The number of hydrogen-bond donors (Lipinski definition) is 1. The summed E-state index contributed by atoms with van der Waals surface area (Å²) in [7, 11) is 0. The molecule has 1 aromatic heterocycles. The SMILES string of the molecule is CCCc1cnnn1N. The van der Waals surface area contributed by atoms with Gasteiger partial charge in [-0.1, -0.05) is 13.3 Å². The maximum atomic E-state index is 5.37. The van der Waals surface area contributed by atoms with Gasteiger partial charge >= 0.3 is 0 Å². The van der Waals surface area contributed by atoms with Gasteiger partial charge in [-0.05, 0) is 11.6 Å². The smallest absolute Gasteiger partial charge is 0.0820 e. The normalized spacial score (nSPS) is 9.89. The van der Waals surface area contributed by atoms with Gasteiger partial charge in [-0.2, -0.15) is 4.79 Å². The molecule has 2 N–H and O–H groups in total. The third-order valence-corrected chi connectivity index (χ3v) is 1.16. The largest absolute Gasteiger partial charge is 0.322 e. The Morgan fingerprint density at radius 1 is 1.78 bits per heavy atom. The van der Waals surface area contributed by atoms with E-state index >= 15 is 0 Å². The molecule has 0 aromatic carbocycles. The monoisotopic (exact) mass is 126 g/mol. The van der Waals surface area contributed by atoms with E-state index in [0.29, 0.717) is 0 Å². The van der Waals surface area contributed by atoms with Gasteiger partial charge in [0.05, 0.1) is 11.9 Å². The van der Waals surface area contributed by atoms with Crippen LogP contribution in [0, 0.1) is 0 Å². The fraction of sp³-hybridized carbons (Fsp3) is 0.600. The van der Waals surface area contributed by atoms with Crippen molar-refractivity contribution in [3.63, 3.8) is 0 Å². The molecule has 4 heteroatoms. The molecule has 0 fully saturated rings. The molecular formula is C5H10N4. The van der Waals surface area contributed by atoms with Crippen LogP contribution in [-0.4, -0.2) is 15.1 Å². The van der Waals surface area contributed by atoms with E-state index in [4.69, 9.17) is 5.84 Å². The first-order chi connectivity index (χ1) is 4.34. The summed E-state index contributed by atoms with van der Waals surface area (Å²) in [5, 5.41) is 7.21. The van der Waals surface area contributed by atoms with E-state index in [-0.39, 0.29) is 0 Å². The Balaban J connectivity index is 2.69. The fourth-order valence-corrected chi connectivity index (χ4v) is 0.700. The molecule has 1 rings (SSSR count).